The maximum absolute atomic E-state index is 12.0. The van der Waals surface area contributed by atoms with E-state index in [9.17, 15) is 14.9 Å². The highest BCUT2D eigenvalue weighted by molar-refractivity contribution is 5.93. The van der Waals surface area contributed by atoms with E-state index >= 15 is 0 Å². The summed E-state index contributed by atoms with van der Waals surface area (Å²) in [6, 6.07) is 2.91. The second-order valence-corrected chi connectivity index (χ2v) is 4.41. The number of amides is 1. The Balaban J connectivity index is 2.06. The van der Waals surface area contributed by atoms with Crippen LogP contribution in [0.5, 0.6) is 0 Å². The summed E-state index contributed by atoms with van der Waals surface area (Å²) < 4.78 is 1.30. The number of aromatic nitrogens is 1. The first-order chi connectivity index (χ1) is 8.59. The van der Waals surface area contributed by atoms with Gasteiger partial charge < -0.3 is 20.7 Å². The minimum absolute atomic E-state index is 0.0816. The highest BCUT2D eigenvalue weighted by Gasteiger charge is 2.23. The molecule has 0 saturated carbocycles. The maximum Gasteiger partial charge on any atom is 0.323 e. The van der Waals surface area contributed by atoms with Gasteiger partial charge in [0, 0.05) is 18.7 Å². The first kappa shape index (κ1) is 12.6. The second kappa shape index (κ2) is 5.18. The van der Waals surface area contributed by atoms with Crippen LogP contribution in [0.25, 0.3) is 0 Å². The van der Waals surface area contributed by atoms with Gasteiger partial charge in [-0.3, -0.25) is 4.79 Å². The van der Waals surface area contributed by atoms with Gasteiger partial charge in [-0.25, -0.2) is 4.57 Å². The van der Waals surface area contributed by atoms with Crippen LogP contribution in [0.2, 0.25) is 0 Å². The lowest BCUT2D eigenvalue weighted by Crippen LogP contribution is -2.45. The molecule has 18 heavy (non-hydrogen) atoms. The van der Waals surface area contributed by atoms with Crippen molar-refractivity contribution in [1.82, 2.24) is 15.2 Å². The molecule has 0 bridgehead atoms. The first-order valence-electron chi connectivity index (χ1n) is 5.91. The van der Waals surface area contributed by atoms with Gasteiger partial charge >= 0.3 is 5.82 Å². The molecule has 0 spiro atoms. The van der Waals surface area contributed by atoms with Gasteiger partial charge in [0.15, 0.2) is 5.69 Å². The van der Waals surface area contributed by atoms with E-state index in [2.05, 4.69) is 10.6 Å². The average molecular weight is 252 g/mol. The van der Waals surface area contributed by atoms with Gasteiger partial charge in [0.2, 0.25) is 0 Å². The molecule has 7 heteroatoms. The van der Waals surface area contributed by atoms with Gasteiger partial charge in [0.25, 0.3) is 5.91 Å². The third-order valence-corrected chi connectivity index (χ3v) is 3.15. The zero-order chi connectivity index (χ0) is 13.1. The standard InChI is InChI=1S/C11H16N4O3/c1-14-9(4-5-10(14)15(17)18)11(16)13-8-3-2-6-12-7-8/h4-5,8,12H,2-3,6-7H2,1H3,(H,13,16)/t8-/m0/s1. The summed E-state index contributed by atoms with van der Waals surface area (Å²) >= 11 is 0. The molecular weight excluding hydrogens is 236 g/mol. The van der Waals surface area contributed by atoms with Gasteiger partial charge in [-0.05, 0) is 30.4 Å². The number of nitro groups is 1. The summed E-state index contributed by atoms with van der Waals surface area (Å²) in [5.74, 6) is -0.346. The van der Waals surface area contributed by atoms with Crippen LogP contribution in [0.15, 0.2) is 12.1 Å². The molecule has 1 saturated heterocycles. The first-order valence-corrected chi connectivity index (χ1v) is 5.91. The molecule has 7 nitrogen and oxygen atoms in total. The number of hydrogen-bond donors (Lipinski definition) is 2. The predicted molar refractivity (Wildman–Crippen MR) is 65.4 cm³/mol. The lowest BCUT2D eigenvalue weighted by Gasteiger charge is -2.23. The van der Waals surface area contributed by atoms with E-state index in [0.29, 0.717) is 5.69 Å². The fourth-order valence-corrected chi connectivity index (χ4v) is 2.15. The number of nitrogens with one attached hydrogen (secondary N) is 2. The Morgan fingerprint density at radius 1 is 1.61 bits per heavy atom. The summed E-state index contributed by atoms with van der Waals surface area (Å²) in [4.78, 5) is 22.2. The summed E-state index contributed by atoms with van der Waals surface area (Å²) in [6.45, 7) is 1.72. The number of hydrogen-bond acceptors (Lipinski definition) is 4. The minimum atomic E-state index is -0.501. The van der Waals surface area contributed by atoms with E-state index in [0.717, 1.165) is 25.9 Å². The van der Waals surface area contributed by atoms with Crippen molar-refractivity contribution in [2.24, 2.45) is 7.05 Å². The van der Waals surface area contributed by atoms with Crippen molar-refractivity contribution in [3.05, 3.63) is 27.9 Å². The number of carbonyl (C=O) groups is 1. The van der Waals surface area contributed by atoms with Crippen LogP contribution in [0.4, 0.5) is 5.82 Å². The molecule has 0 radical (unpaired) electrons. The monoisotopic (exact) mass is 252 g/mol. The van der Waals surface area contributed by atoms with Crippen molar-refractivity contribution in [3.63, 3.8) is 0 Å². The van der Waals surface area contributed by atoms with Crippen LogP contribution in [-0.4, -0.2) is 34.5 Å². The van der Waals surface area contributed by atoms with Crippen molar-refractivity contribution in [2.45, 2.75) is 18.9 Å². The Morgan fingerprint density at radius 2 is 2.39 bits per heavy atom. The lowest BCUT2D eigenvalue weighted by molar-refractivity contribution is -0.391. The normalized spacial score (nSPS) is 19.5. The number of piperidine rings is 1. The molecule has 1 amide bonds. The van der Waals surface area contributed by atoms with Gasteiger partial charge in [-0.1, -0.05) is 0 Å². The number of carbonyl (C=O) groups excluding carboxylic acids is 1. The zero-order valence-electron chi connectivity index (χ0n) is 10.2. The Morgan fingerprint density at radius 3 is 2.94 bits per heavy atom. The molecule has 2 N–H and O–H groups in total. The predicted octanol–water partition coefficient (Wildman–Crippen LogP) is 0.415. The van der Waals surface area contributed by atoms with Gasteiger partial charge in [-0.15, -0.1) is 0 Å². The molecule has 1 aliphatic rings. The topological polar surface area (TPSA) is 89.2 Å². The van der Waals surface area contributed by atoms with Crippen molar-refractivity contribution in [2.75, 3.05) is 13.1 Å². The quantitative estimate of drug-likeness (QED) is 0.602. The van der Waals surface area contributed by atoms with E-state index in [4.69, 9.17) is 0 Å². The number of nitrogens with zero attached hydrogens (tertiary/aromatic N) is 2. The van der Waals surface area contributed by atoms with Crippen molar-refractivity contribution in [1.29, 1.82) is 0 Å². The molecule has 1 aromatic rings. The van der Waals surface area contributed by atoms with Gasteiger partial charge in [0.1, 0.15) is 0 Å². The zero-order valence-corrected chi connectivity index (χ0v) is 10.2. The Kier molecular flexibility index (Phi) is 3.61. The Hall–Kier alpha value is -1.89. The highest BCUT2D eigenvalue weighted by Crippen LogP contribution is 2.15. The summed E-state index contributed by atoms with van der Waals surface area (Å²) in [6.07, 6.45) is 1.96. The van der Waals surface area contributed by atoms with Crippen LogP contribution < -0.4 is 10.6 Å². The Bertz CT molecular complexity index is 463. The van der Waals surface area contributed by atoms with E-state index in [1.54, 1.807) is 0 Å². The van der Waals surface area contributed by atoms with Crippen molar-refractivity contribution >= 4 is 11.7 Å². The van der Waals surface area contributed by atoms with Crippen LogP contribution in [0.3, 0.4) is 0 Å². The van der Waals surface area contributed by atoms with Gasteiger partial charge in [0.05, 0.1) is 7.05 Å². The molecule has 1 atom stereocenters. The van der Waals surface area contributed by atoms with Gasteiger partial charge in [-0.2, -0.15) is 0 Å². The van der Waals surface area contributed by atoms with E-state index in [1.807, 2.05) is 0 Å². The molecule has 0 aliphatic carbocycles. The van der Waals surface area contributed by atoms with Crippen molar-refractivity contribution < 1.29 is 9.72 Å². The molecule has 2 heterocycles. The molecule has 1 aromatic heterocycles. The molecule has 0 unspecified atom stereocenters. The van der Waals surface area contributed by atoms with Crippen LogP contribution >= 0.6 is 0 Å². The summed E-state index contributed by atoms with van der Waals surface area (Å²) in [5.41, 5.74) is 0.312. The molecule has 2 rings (SSSR count). The van der Waals surface area contributed by atoms with Crippen LogP contribution in [0, 0.1) is 10.1 Å². The molecule has 0 aromatic carbocycles. The summed E-state index contributed by atoms with van der Waals surface area (Å²) in [5, 5.41) is 16.8. The smallest absolute Gasteiger partial charge is 0.323 e. The minimum Gasteiger partial charge on any atom is -0.358 e. The number of rotatable bonds is 3. The Labute approximate surface area is 104 Å². The largest absolute Gasteiger partial charge is 0.358 e. The average Bonchev–Trinajstić information content (AvgIpc) is 2.72. The lowest BCUT2D eigenvalue weighted by atomic mass is 10.1. The van der Waals surface area contributed by atoms with Crippen LogP contribution in [-0.2, 0) is 7.05 Å². The maximum atomic E-state index is 12.0. The second-order valence-electron chi connectivity index (χ2n) is 4.41. The van der Waals surface area contributed by atoms with Crippen LogP contribution in [0.1, 0.15) is 23.3 Å². The van der Waals surface area contributed by atoms with Crippen molar-refractivity contribution in [3.8, 4) is 0 Å². The fourth-order valence-electron chi connectivity index (χ4n) is 2.15. The molecule has 1 fully saturated rings. The third-order valence-electron chi connectivity index (χ3n) is 3.15. The highest BCUT2D eigenvalue weighted by atomic mass is 16.6. The molecule has 1 aliphatic heterocycles. The third kappa shape index (κ3) is 2.51. The fraction of sp³-hybridized carbons (Fsp3) is 0.545. The van der Waals surface area contributed by atoms with E-state index in [-0.39, 0.29) is 17.8 Å². The van der Waals surface area contributed by atoms with E-state index < -0.39 is 4.92 Å². The SMILES string of the molecule is Cn1c(C(=O)N[C@H]2CCCNC2)ccc1[N+](=O)[O-]. The summed E-state index contributed by atoms with van der Waals surface area (Å²) in [7, 11) is 1.52. The molecule has 98 valence electrons. The molecular formula is C11H16N4O3. The van der Waals surface area contributed by atoms with E-state index in [1.165, 1.54) is 23.7 Å².